The largest absolute Gasteiger partial charge is 0.381 e. The first-order valence-corrected chi connectivity index (χ1v) is 9.57. The minimum Gasteiger partial charge on any atom is -0.381 e. The van der Waals surface area contributed by atoms with Crippen molar-refractivity contribution in [1.29, 1.82) is 0 Å². The van der Waals surface area contributed by atoms with Crippen LogP contribution in [0.2, 0.25) is 0 Å². The minimum atomic E-state index is 0.180. The second-order valence-electron chi connectivity index (χ2n) is 7.00. The maximum Gasteiger partial charge on any atom is 0.220 e. The van der Waals surface area contributed by atoms with Crippen molar-refractivity contribution in [3.8, 4) is 0 Å². The molecule has 0 aromatic rings. The summed E-state index contributed by atoms with van der Waals surface area (Å²) in [6, 6.07) is 0. The molecule has 0 spiro atoms. The third kappa shape index (κ3) is 8.52. The van der Waals surface area contributed by atoms with Crippen LogP contribution in [0.4, 0.5) is 0 Å². The lowest BCUT2D eigenvalue weighted by atomic mass is 10.0. The molecule has 0 radical (unpaired) electrons. The molecule has 3 N–H and O–H groups in total. The SMILES string of the molecule is CN=C(NCCCOCC1CC1)NCCNC(=O)CC1CCCC1. The number of guanidine groups is 1. The molecule has 6 nitrogen and oxygen atoms in total. The molecule has 2 fully saturated rings. The van der Waals surface area contributed by atoms with E-state index in [2.05, 4.69) is 20.9 Å². The molecule has 0 bridgehead atoms. The highest BCUT2D eigenvalue weighted by atomic mass is 16.5. The maximum absolute atomic E-state index is 11.8. The van der Waals surface area contributed by atoms with Gasteiger partial charge >= 0.3 is 0 Å². The van der Waals surface area contributed by atoms with Gasteiger partial charge in [0, 0.05) is 46.3 Å². The summed E-state index contributed by atoms with van der Waals surface area (Å²) in [7, 11) is 1.76. The topological polar surface area (TPSA) is 74.8 Å². The average Bonchev–Trinajstić information content (AvgIpc) is 3.27. The zero-order valence-electron chi connectivity index (χ0n) is 15.1. The summed E-state index contributed by atoms with van der Waals surface area (Å²) in [4.78, 5) is 16.0. The summed E-state index contributed by atoms with van der Waals surface area (Å²) >= 11 is 0. The summed E-state index contributed by atoms with van der Waals surface area (Å²) < 4.78 is 5.60. The Labute approximate surface area is 146 Å². The van der Waals surface area contributed by atoms with Crippen LogP contribution in [0.15, 0.2) is 4.99 Å². The van der Waals surface area contributed by atoms with Crippen molar-refractivity contribution in [1.82, 2.24) is 16.0 Å². The molecule has 24 heavy (non-hydrogen) atoms. The highest BCUT2D eigenvalue weighted by molar-refractivity contribution is 5.79. The van der Waals surface area contributed by atoms with Crippen molar-refractivity contribution in [3.63, 3.8) is 0 Å². The minimum absolute atomic E-state index is 0.180. The third-order valence-corrected chi connectivity index (χ3v) is 4.72. The van der Waals surface area contributed by atoms with Gasteiger partial charge in [-0.05, 0) is 43.9 Å². The molecule has 2 saturated carbocycles. The average molecular weight is 338 g/mol. The Morgan fingerprint density at radius 3 is 2.42 bits per heavy atom. The van der Waals surface area contributed by atoms with Crippen LogP contribution in [-0.2, 0) is 9.53 Å². The summed E-state index contributed by atoms with van der Waals surface area (Å²) in [5.41, 5.74) is 0. The first-order valence-electron chi connectivity index (χ1n) is 9.57. The van der Waals surface area contributed by atoms with Crippen molar-refractivity contribution in [2.45, 2.75) is 51.4 Å². The quantitative estimate of drug-likeness (QED) is 0.304. The molecule has 2 aliphatic rings. The van der Waals surface area contributed by atoms with E-state index in [1.807, 2.05) is 0 Å². The number of hydrogen-bond acceptors (Lipinski definition) is 3. The second kappa shape index (κ2) is 11.3. The fourth-order valence-electron chi connectivity index (χ4n) is 3.07. The molecule has 1 amide bonds. The summed E-state index contributed by atoms with van der Waals surface area (Å²) in [5.74, 6) is 2.40. The highest BCUT2D eigenvalue weighted by Gasteiger charge is 2.20. The Kier molecular flexibility index (Phi) is 8.95. The van der Waals surface area contributed by atoms with Crippen molar-refractivity contribution in [2.24, 2.45) is 16.8 Å². The second-order valence-corrected chi connectivity index (χ2v) is 7.00. The van der Waals surface area contributed by atoms with Crippen LogP contribution >= 0.6 is 0 Å². The van der Waals surface area contributed by atoms with Gasteiger partial charge in [-0.15, -0.1) is 0 Å². The van der Waals surface area contributed by atoms with E-state index >= 15 is 0 Å². The molecular formula is C18H34N4O2. The normalized spacial score (nSPS) is 18.6. The maximum atomic E-state index is 11.8. The number of aliphatic imine (C=N–C) groups is 1. The number of nitrogens with zero attached hydrogens (tertiary/aromatic N) is 1. The Morgan fingerprint density at radius 1 is 1.00 bits per heavy atom. The van der Waals surface area contributed by atoms with Crippen LogP contribution in [0, 0.1) is 11.8 Å². The van der Waals surface area contributed by atoms with Crippen LogP contribution < -0.4 is 16.0 Å². The summed E-state index contributed by atoms with van der Waals surface area (Å²) in [6.07, 6.45) is 9.34. The Morgan fingerprint density at radius 2 is 1.71 bits per heavy atom. The van der Waals surface area contributed by atoms with Crippen molar-refractivity contribution < 1.29 is 9.53 Å². The van der Waals surface area contributed by atoms with Crippen LogP contribution in [0.25, 0.3) is 0 Å². The number of carbonyl (C=O) groups is 1. The zero-order chi connectivity index (χ0) is 17.0. The van der Waals surface area contributed by atoms with Crippen molar-refractivity contribution >= 4 is 11.9 Å². The smallest absolute Gasteiger partial charge is 0.220 e. The molecule has 2 aliphatic carbocycles. The predicted octanol–water partition coefficient (Wildman–Crippen LogP) is 1.66. The fourth-order valence-corrected chi connectivity index (χ4v) is 3.07. The Balaban J connectivity index is 1.41. The van der Waals surface area contributed by atoms with E-state index in [1.165, 1.54) is 38.5 Å². The van der Waals surface area contributed by atoms with Gasteiger partial charge in [0.25, 0.3) is 0 Å². The van der Waals surface area contributed by atoms with Gasteiger partial charge in [-0.25, -0.2) is 0 Å². The van der Waals surface area contributed by atoms with E-state index in [9.17, 15) is 4.79 Å². The van der Waals surface area contributed by atoms with Gasteiger partial charge in [0.1, 0.15) is 0 Å². The standard InChI is InChI=1S/C18H34N4O2/c1-19-18(21-9-4-12-24-14-16-7-8-16)22-11-10-20-17(23)13-15-5-2-3-6-15/h15-16H,2-14H2,1H3,(H,20,23)(H2,19,21,22). The van der Waals surface area contributed by atoms with Gasteiger partial charge in [0.05, 0.1) is 0 Å². The molecule has 2 rings (SSSR count). The monoisotopic (exact) mass is 338 g/mol. The van der Waals surface area contributed by atoms with Gasteiger partial charge in [-0.1, -0.05) is 12.8 Å². The highest BCUT2D eigenvalue weighted by Crippen LogP contribution is 2.28. The number of ether oxygens (including phenoxy) is 1. The van der Waals surface area contributed by atoms with E-state index in [4.69, 9.17) is 4.74 Å². The molecule has 0 aromatic carbocycles. The molecule has 0 unspecified atom stereocenters. The lowest BCUT2D eigenvalue weighted by Gasteiger charge is -2.13. The Bertz CT molecular complexity index is 390. The van der Waals surface area contributed by atoms with Crippen LogP contribution in [0.3, 0.4) is 0 Å². The number of amides is 1. The number of carbonyl (C=O) groups excluding carboxylic acids is 1. The lowest BCUT2D eigenvalue weighted by molar-refractivity contribution is -0.121. The first-order chi connectivity index (χ1) is 11.8. The molecule has 0 saturated heterocycles. The Hall–Kier alpha value is -1.30. The molecular weight excluding hydrogens is 304 g/mol. The summed E-state index contributed by atoms with van der Waals surface area (Å²) in [5, 5.41) is 9.47. The third-order valence-electron chi connectivity index (χ3n) is 4.72. The van der Waals surface area contributed by atoms with E-state index in [0.717, 1.165) is 38.1 Å². The number of nitrogens with one attached hydrogen (secondary N) is 3. The molecule has 0 aliphatic heterocycles. The van der Waals surface area contributed by atoms with E-state index in [1.54, 1.807) is 7.05 Å². The molecule has 0 heterocycles. The van der Waals surface area contributed by atoms with E-state index in [0.29, 0.717) is 25.4 Å². The molecule has 0 aromatic heterocycles. The molecule has 0 atom stereocenters. The lowest BCUT2D eigenvalue weighted by Crippen LogP contribution is -2.42. The van der Waals surface area contributed by atoms with Gasteiger partial charge in [0.15, 0.2) is 5.96 Å². The van der Waals surface area contributed by atoms with Gasteiger partial charge in [-0.3, -0.25) is 9.79 Å². The molecule has 138 valence electrons. The zero-order valence-corrected chi connectivity index (χ0v) is 15.1. The van der Waals surface area contributed by atoms with Crippen LogP contribution in [-0.4, -0.2) is 51.8 Å². The van der Waals surface area contributed by atoms with Gasteiger partial charge in [0.2, 0.25) is 5.91 Å². The van der Waals surface area contributed by atoms with Gasteiger partial charge in [-0.2, -0.15) is 0 Å². The number of rotatable bonds is 11. The van der Waals surface area contributed by atoms with Crippen LogP contribution in [0.5, 0.6) is 0 Å². The van der Waals surface area contributed by atoms with E-state index in [-0.39, 0.29) is 5.91 Å². The summed E-state index contributed by atoms with van der Waals surface area (Å²) in [6.45, 7) is 3.90. The predicted molar refractivity (Wildman–Crippen MR) is 97.1 cm³/mol. The molecule has 6 heteroatoms. The van der Waals surface area contributed by atoms with Crippen LogP contribution in [0.1, 0.15) is 51.4 Å². The van der Waals surface area contributed by atoms with Crippen molar-refractivity contribution in [2.75, 3.05) is 39.9 Å². The van der Waals surface area contributed by atoms with E-state index < -0.39 is 0 Å². The number of hydrogen-bond donors (Lipinski definition) is 3. The fraction of sp³-hybridized carbons (Fsp3) is 0.889. The van der Waals surface area contributed by atoms with Gasteiger partial charge < -0.3 is 20.7 Å². The first kappa shape index (κ1) is 19.0. The van der Waals surface area contributed by atoms with Crippen molar-refractivity contribution in [3.05, 3.63) is 0 Å².